The van der Waals surface area contributed by atoms with Crippen LogP contribution >= 0.6 is 0 Å². The van der Waals surface area contributed by atoms with Gasteiger partial charge < -0.3 is 15.5 Å². The van der Waals surface area contributed by atoms with Gasteiger partial charge in [0.05, 0.1) is 5.69 Å². The summed E-state index contributed by atoms with van der Waals surface area (Å²) in [5, 5.41) is 6.54. The van der Waals surface area contributed by atoms with Crippen LogP contribution in [0.1, 0.15) is 12.5 Å². The third-order valence-corrected chi connectivity index (χ3v) is 3.05. The number of benzene rings is 1. The fourth-order valence-electron chi connectivity index (χ4n) is 2.09. The molecule has 0 aliphatic carbocycles. The predicted molar refractivity (Wildman–Crippen MR) is 68.9 cm³/mol. The van der Waals surface area contributed by atoms with E-state index in [0.717, 1.165) is 50.5 Å². The van der Waals surface area contributed by atoms with Crippen LogP contribution in [-0.2, 0) is 6.54 Å². The van der Waals surface area contributed by atoms with Crippen molar-refractivity contribution in [2.75, 3.05) is 37.6 Å². The number of piperazine rings is 1. The lowest BCUT2D eigenvalue weighted by Gasteiger charge is -2.30. The Kier molecular flexibility index (Phi) is 4.34. The van der Waals surface area contributed by atoms with Gasteiger partial charge in [0, 0.05) is 32.7 Å². The zero-order valence-corrected chi connectivity index (χ0v) is 10.3. The van der Waals surface area contributed by atoms with Crippen LogP contribution in [0.4, 0.5) is 10.1 Å². The molecule has 0 radical (unpaired) electrons. The van der Waals surface area contributed by atoms with Gasteiger partial charge in [0.2, 0.25) is 0 Å². The first-order valence-electron chi connectivity index (χ1n) is 6.26. The molecule has 0 saturated carbocycles. The van der Waals surface area contributed by atoms with Crippen molar-refractivity contribution in [2.24, 2.45) is 0 Å². The van der Waals surface area contributed by atoms with E-state index in [4.69, 9.17) is 0 Å². The first-order chi connectivity index (χ1) is 8.31. The van der Waals surface area contributed by atoms with Gasteiger partial charge in [0.15, 0.2) is 0 Å². The lowest BCUT2D eigenvalue weighted by molar-refractivity contribution is 0.565. The van der Waals surface area contributed by atoms with E-state index in [1.54, 1.807) is 6.07 Å². The molecule has 1 aliphatic rings. The van der Waals surface area contributed by atoms with Crippen molar-refractivity contribution in [1.82, 2.24) is 10.6 Å². The van der Waals surface area contributed by atoms with E-state index < -0.39 is 0 Å². The Labute approximate surface area is 102 Å². The minimum atomic E-state index is -0.118. The summed E-state index contributed by atoms with van der Waals surface area (Å²) in [6.07, 6.45) is 0. The average molecular weight is 237 g/mol. The van der Waals surface area contributed by atoms with Crippen LogP contribution in [0.25, 0.3) is 0 Å². The van der Waals surface area contributed by atoms with Gasteiger partial charge in [0.1, 0.15) is 5.82 Å². The van der Waals surface area contributed by atoms with Crippen molar-refractivity contribution in [1.29, 1.82) is 0 Å². The van der Waals surface area contributed by atoms with Gasteiger partial charge >= 0.3 is 0 Å². The Morgan fingerprint density at radius 2 is 2.12 bits per heavy atom. The highest BCUT2D eigenvalue weighted by Crippen LogP contribution is 2.21. The van der Waals surface area contributed by atoms with Crippen LogP contribution < -0.4 is 15.5 Å². The van der Waals surface area contributed by atoms with Crippen molar-refractivity contribution in [2.45, 2.75) is 13.5 Å². The van der Waals surface area contributed by atoms with E-state index in [0.29, 0.717) is 0 Å². The van der Waals surface area contributed by atoms with E-state index in [1.165, 1.54) is 0 Å². The molecule has 2 rings (SSSR count). The van der Waals surface area contributed by atoms with Crippen molar-refractivity contribution < 1.29 is 4.39 Å². The largest absolute Gasteiger partial charge is 0.367 e. The molecule has 0 aromatic heterocycles. The second-order valence-electron chi connectivity index (χ2n) is 4.30. The Morgan fingerprint density at radius 1 is 1.35 bits per heavy atom. The third-order valence-electron chi connectivity index (χ3n) is 3.05. The van der Waals surface area contributed by atoms with Gasteiger partial charge in [0.25, 0.3) is 0 Å². The number of hydrogen-bond acceptors (Lipinski definition) is 3. The Bertz CT molecular complexity index is 362. The molecular formula is C13H20FN3. The molecule has 2 N–H and O–H groups in total. The number of halogens is 1. The van der Waals surface area contributed by atoms with Gasteiger partial charge in [-0.2, -0.15) is 0 Å². The molecule has 0 bridgehead atoms. The average Bonchev–Trinajstić information content (AvgIpc) is 2.39. The maximum Gasteiger partial charge on any atom is 0.146 e. The topological polar surface area (TPSA) is 27.3 Å². The van der Waals surface area contributed by atoms with E-state index in [9.17, 15) is 4.39 Å². The fourth-order valence-corrected chi connectivity index (χ4v) is 2.09. The summed E-state index contributed by atoms with van der Waals surface area (Å²) in [5.74, 6) is -0.118. The van der Waals surface area contributed by atoms with Crippen LogP contribution in [0.2, 0.25) is 0 Å². The zero-order chi connectivity index (χ0) is 12.1. The highest BCUT2D eigenvalue weighted by molar-refractivity contribution is 5.50. The highest BCUT2D eigenvalue weighted by Gasteiger charge is 2.14. The molecule has 0 amide bonds. The zero-order valence-electron chi connectivity index (χ0n) is 10.3. The van der Waals surface area contributed by atoms with E-state index in [1.807, 2.05) is 12.1 Å². The van der Waals surface area contributed by atoms with Crippen LogP contribution in [0.5, 0.6) is 0 Å². The summed E-state index contributed by atoms with van der Waals surface area (Å²) in [7, 11) is 0. The Morgan fingerprint density at radius 3 is 2.82 bits per heavy atom. The molecule has 1 aromatic carbocycles. The molecule has 1 aliphatic heterocycles. The van der Waals surface area contributed by atoms with E-state index in [-0.39, 0.29) is 5.82 Å². The van der Waals surface area contributed by atoms with Crippen molar-refractivity contribution in [3.63, 3.8) is 0 Å². The molecule has 1 fully saturated rings. The van der Waals surface area contributed by atoms with Gasteiger partial charge in [-0.05, 0) is 24.2 Å². The SMILES string of the molecule is CCNCc1ccc(F)c(N2CCNCC2)c1. The monoisotopic (exact) mass is 237 g/mol. The van der Waals surface area contributed by atoms with Crippen molar-refractivity contribution in [3.05, 3.63) is 29.6 Å². The summed E-state index contributed by atoms with van der Waals surface area (Å²) in [6.45, 7) is 7.41. The predicted octanol–water partition coefficient (Wildman–Crippen LogP) is 1.34. The summed E-state index contributed by atoms with van der Waals surface area (Å²) in [4.78, 5) is 2.11. The van der Waals surface area contributed by atoms with Crippen molar-refractivity contribution >= 4 is 5.69 Å². The lowest BCUT2D eigenvalue weighted by Crippen LogP contribution is -2.43. The quantitative estimate of drug-likeness (QED) is 0.827. The molecule has 1 aromatic rings. The maximum atomic E-state index is 13.8. The Balaban J connectivity index is 2.13. The molecule has 17 heavy (non-hydrogen) atoms. The van der Waals surface area contributed by atoms with Crippen LogP contribution in [0.3, 0.4) is 0 Å². The normalized spacial score (nSPS) is 16.2. The molecule has 4 heteroatoms. The minimum absolute atomic E-state index is 0.118. The molecule has 1 heterocycles. The molecule has 1 saturated heterocycles. The second kappa shape index (κ2) is 5.98. The number of rotatable bonds is 4. The molecule has 3 nitrogen and oxygen atoms in total. The second-order valence-corrected chi connectivity index (χ2v) is 4.30. The molecular weight excluding hydrogens is 217 g/mol. The number of nitrogens with zero attached hydrogens (tertiary/aromatic N) is 1. The summed E-state index contributed by atoms with van der Waals surface area (Å²) >= 11 is 0. The van der Waals surface area contributed by atoms with Gasteiger partial charge in [-0.25, -0.2) is 4.39 Å². The number of hydrogen-bond donors (Lipinski definition) is 2. The summed E-state index contributed by atoms with van der Waals surface area (Å²) in [6, 6.07) is 5.39. The third kappa shape index (κ3) is 3.17. The number of anilines is 1. The lowest BCUT2D eigenvalue weighted by atomic mass is 10.1. The van der Waals surface area contributed by atoms with Gasteiger partial charge in [-0.1, -0.05) is 13.0 Å². The molecule has 94 valence electrons. The maximum absolute atomic E-state index is 13.8. The molecule has 0 spiro atoms. The van der Waals surface area contributed by atoms with Crippen molar-refractivity contribution in [3.8, 4) is 0 Å². The standard InChI is InChI=1S/C13H20FN3/c1-2-15-10-11-3-4-12(14)13(9-11)17-7-5-16-6-8-17/h3-4,9,15-16H,2,5-8,10H2,1H3. The number of nitrogens with one attached hydrogen (secondary N) is 2. The van der Waals surface area contributed by atoms with Gasteiger partial charge in [-0.15, -0.1) is 0 Å². The molecule has 0 atom stereocenters. The van der Waals surface area contributed by atoms with E-state index in [2.05, 4.69) is 22.5 Å². The minimum Gasteiger partial charge on any atom is -0.367 e. The smallest absolute Gasteiger partial charge is 0.146 e. The Hall–Kier alpha value is -1.13. The van der Waals surface area contributed by atoms with E-state index >= 15 is 0 Å². The highest BCUT2D eigenvalue weighted by atomic mass is 19.1. The van der Waals surface area contributed by atoms with Crippen LogP contribution in [-0.4, -0.2) is 32.7 Å². The van der Waals surface area contributed by atoms with Gasteiger partial charge in [-0.3, -0.25) is 0 Å². The van der Waals surface area contributed by atoms with Crippen LogP contribution in [0, 0.1) is 5.82 Å². The molecule has 0 unspecified atom stereocenters. The summed E-state index contributed by atoms with van der Waals surface area (Å²) in [5.41, 5.74) is 1.88. The fraction of sp³-hybridized carbons (Fsp3) is 0.538. The first-order valence-corrected chi connectivity index (χ1v) is 6.26. The summed E-state index contributed by atoms with van der Waals surface area (Å²) < 4.78 is 13.8. The first kappa shape index (κ1) is 12.3. The van der Waals surface area contributed by atoms with Crippen LogP contribution in [0.15, 0.2) is 18.2 Å².